The molecule has 0 aliphatic carbocycles. The molecule has 6 heteroatoms. The SMILES string of the molecule is CN(C)CC(=O)N1CCCC2(CC(N(C)Cc3ccccn3)CO2)C1. The second-order valence-corrected chi connectivity index (χ2v) is 7.74. The molecule has 1 spiro atoms. The summed E-state index contributed by atoms with van der Waals surface area (Å²) in [4.78, 5) is 23.1. The predicted octanol–water partition coefficient (Wildman–Crippen LogP) is 1.23. The summed E-state index contributed by atoms with van der Waals surface area (Å²) < 4.78 is 6.27. The fourth-order valence-electron chi connectivity index (χ4n) is 3.95. The molecule has 0 saturated carbocycles. The summed E-state index contributed by atoms with van der Waals surface area (Å²) in [6.45, 7) is 3.62. The fraction of sp³-hybridized carbons (Fsp3) is 0.684. The zero-order valence-electron chi connectivity index (χ0n) is 15.6. The largest absolute Gasteiger partial charge is 0.371 e. The fourth-order valence-corrected chi connectivity index (χ4v) is 3.95. The number of piperidine rings is 1. The second-order valence-electron chi connectivity index (χ2n) is 7.74. The van der Waals surface area contributed by atoms with Crippen molar-refractivity contribution >= 4 is 5.91 Å². The van der Waals surface area contributed by atoms with Gasteiger partial charge < -0.3 is 14.5 Å². The normalized spacial score (nSPS) is 26.8. The molecule has 1 aromatic heterocycles. The monoisotopic (exact) mass is 346 g/mol. The van der Waals surface area contributed by atoms with Crippen molar-refractivity contribution in [3.63, 3.8) is 0 Å². The van der Waals surface area contributed by atoms with Crippen molar-refractivity contribution in [2.45, 2.75) is 37.5 Å². The van der Waals surface area contributed by atoms with E-state index < -0.39 is 0 Å². The van der Waals surface area contributed by atoms with Crippen molar-refractivity contribution in [1.82, 2.24) is 19.7 Å². The highest BCUT2D eigenvalue weighted by atomic mass is 16.5. The van der Waals surface area contributed by atoms with Gasteiger partial charge in [-0.15, -0.1) is 0 Å². The smallest absolute Gasteiger partial charge is 0.236 e. The Balaban J connectivity index is 1.58. The van der Waals surface area contributed by atoms with Crippen LogP contribution in [-0.4, -0.2) is 84.6 Å². The number of amides is 1. The van der Waals surface area contributed by atoms with Crippen molar-refractivity contribution in [2.24, 2.45) is 0 Å². The molecule has 2 aliphatic rings. The lowest BCUT2D eigenvalue weighted by molar-refractivity contribution is -0.139. The van der Waals surface area contributed by atoms with Crippen LogP contribution in [0.25, 0.3) is 0 Å². The lowest BCUT2D eigenvalue weighted by Crippen LogP contribution is -2.52. The molecule has 1 amide bonds. The number of aromatic nitrogens is 1. The van der Waals surface area contributed by atoms with Gasteiger partial charge in [0.25, 0.3) is 0 Å². The minimum Gasteiger partial charge on any atom is -0.371 e. The van der Waals surface area contributed by atoms with Crippen LogP contribution in [0.5, 0.6) is 0 Å². The van der Waals surface area contributed by atoms with Crippen LogP contribution in [0.4, 0.5) is 0 Å². The number of carbonyl (C=O) groups is 1. The van der Waals surface area contributed by atoms with Gasteiger partial charge in [-0.1, -0.05) is 6.07 Å². The summed E-state index contributed by atoms with van der Waals surface area (Å²) in [5, 5.41) is 0. The molecule has 25 heavy (non-hydrogen) atoms. The third-order valence-corrected chi connectivity index (χ3v) is 5.29. The van der Waals surface area contributed by atoms with E-state index in [4.69, 9.17) is 4.74 Å². The maximum Gasteiger partial charge on any atom is 0.236 e. The van der Waals surface area contributed by atoms with Gasteiger partial charge >= 0.3 is 0 Å². The molecular formula is C19H30N4O2. The molecule has 2 atom stereocenters. The first-order chi connectivity index (χ1) is 12.0. The van der Waals surface area contributed by atoms with E-state index in [1.807, 2.05) is 42.2 Å². The molecule has 2 fully saturated rings. The van der Waals surface area contributed by atoms with E-state index in [2.05, 4.69) is 23.0 Å². The minimum absolute atomic E-state index is 0.163. The number of carbonyl (C=O) groups excluding carboxylic acids is 1. The highest BCUT2D eigenvalue weighted by Gasteiger charge is 2.45. The number of ether oxygens (including phenoxy) is 1. The summed E-state index contributed by atoms with van der Waals surface area (Å²) in [5.74, 6) is 0.206. The molecule has 1 aromatic rings. The molecular weight excluding hydrogens is 316 g/mol. The average Bonchev–Trinajstić information content (AvgIpc) is 2.99. The van der Waals surface area contributed by atoms with Crippen LogP contribution in [0, 0.1) is 0 Å². The van der Waals surface area contributed by atoms with Crippen LogP contribution in [0.3, 0.4) is 0 Å². The first kappa shape index (κ1) is 18.3. The number of hydrogen-bond donors (Lipinski definition) is 0. The van der Waals surface area contributed by atoms with Crippen molar-refractivity contribution in [3.8, 4) is 0 Å². The van der Waals surface area contributed by atoms with Gasteiger partial charge in [0, 0.05) is 31.9 Å². The van der Waals surface area contributed by atoms with Crippen molar-refractivity contribution in [3.05, 3.63) is 30.1 Å². The van der Waals surface area contributed by atoms with E-state index in [1.54, 1.807) is 0 Å². The summed E-state index contributed by atoms with van der Waals surface area (Å²) in [5.41, 5.74) is 0.917. The topological polar surface area (TPSA) is 48.9 Å². The Labute approximate surface area is 150 Å². The average molecular weight is 346 g/mol. The summed E-state index contributed by atoms with van der Waals surface area (Å²) in [7, 11) is 6.01. The summed E-state index contributed by atoms with van der Waals surface area (Å²) in [6.07, 6.45) is 4.90. The zero-order valence-corrected chi connectivity index (χ0v) is 15.6. The Hall–Kier alpha value is -1.50. The van der Waals surface area contributed by atoms with Gasteiger partial charge in [0.1, 0.15) is 0 Å². The highest BCUT2D eigenvalue weighted by molar-refractivity contribution is 5.78. The van der Waals surface area contributed by atoms with Crippen molar-refractivity contribution in [1.29, 1.82) is 0 Å². The number of pyridine rings is 1. The Kier molecular flexibility index (Phi) is 5.71. The van der Waals surface area contributed by atoms with E-state index in [1.165, 1.54) is 0 Å². The Morgan fingerprint density at radius 3 is 2.96 bits per heavy atom. The van der Waals surface area contributed by atoms with E-state index >= 15 is 0 Å². The lowest BCUT2D eigenvalue weighted by atomic mass is 9.88. The van der Waals surface area contributed by atoms with Crippen molar-refractivity contribution in [2.75, 3.05) is 47.4 Å². The first-order valence-corrected chi connectivity index (χ1v) is 9.14. The maximum absolute atomic E-state index is 12.4. The number of likely N-dealkylation sites (N-methyl/N-ethyl adjacent to an activating group) is 2. The first-order valence-electron chi connectivity index (χ1n) is 9.14. The molecule has 0 N–H and O–H groups in total. The maximum atomic E-state index is 12.4. The Morgan fingerprint density at radius 1 is 1.40 bits per heavy atom. The number of nitrogens with zero attached hydrogens (tertiary/aromatic N) is 4. The van der Waals surface area contributed by atoms with Gasteiger partial charge in [0.05, 0.1) is 24.4 Å². The third kappa shape index (κ3) is 4.57. The second kappa shape index (κ2) is 7.81. The van der Waals surface area contributed by atoms with Gasteiger partial charge in [0.15, 0.2) is 0 Å². The van der Waals surface area contributed by atoms with Gasteiger partial charge in [-0.05, 0) is 52.5 Å². The van der Waals surface area contributed by atoms with Crippen LogP contribution in [0.1, 0.15) is 25.0 Å². The van der Waals surface area contributed by atoms with Gasteiger partial charge in [-0.25, -0.2) is 0 Å². The van der Waals surface area contributed by atoms with Crippen LogP contribution >= 0.6 is 0 Å². The van der Waals surface area contributed by atoms with Gasteiger partial charge in [-0.3, -0.25) is 14.7 Å². The summed E-state index contributed by atoms with van der Waals surface area (Å²) in [6, 6.07) is 6.41. The zero-order chi connectivity index (χ0) is 17.9. The molecule has 138 valence electrons. The van der Waals surface area contributed by atoms with Crippen LogP contribution in [0.15, 0.2) is 24.4 Å². The molecule has 3 heterocycles. The lowest BCUT2D eigenvalue weighted by Gasteiger charge is -2.40. The van der Waals surface area contributed by atoms with Crippen LogP contribution in [-0.2, 0) is 16.1 Å². The highest BCUT2D eigenvalue weighted by Crippen LogP contribution is 2.36. The molecule has 2 saturated heterocycles. The minimum atomic E-state index is -0.163. The Morgan fingerprint density at radius 2 is 2.24 bits per heavy atom. The molecule has 2 unspecified atom stereocenters. The third-order valence-electron chi connectivity index (χ3n) is 5.29. The Bertz CT molecular complexity index is 580. The molecule has 0 bridgehead atoms. The standard InChI is InChI=1S/C19H30N4O2/c1-21(2)13-18(24)23-10-6-8-19(15-23)11-17(14-25-19)22(3)12-16-7-4-5-9-20-16/h4-5,7,9,17H,6,8,10-15H2,1-3H3. The van der Waals surface area contributed by atoms with Crippen molar-refractivity contribution < 1.29 is 9.53 Å². The van der Waals surface area contributed by atoms with E-state index in [0.29, 0.717) is 12.6 Å². The summed E-state index contributed by atoms with van der Waals surface area (Å²) >= 11 is 0. The van der Waals surface area contributed by atoms with Gasteiger partial charge in [0.2, 0.25) is 5.91 Å². The van der Waals surface area contributed by atoms with Crippen LogP contribution < -0.4 is 0 Å². The van der Waals surface area contributed by atoms with Crippen LogP contribution in [0.2, 0.25) is 0 Å². The number of likely N-dealkylation sites (tertiary alicyclic amines) is 1. The molecule has 6 nitrogen and oxygen atoms in total. The predicted molar refractivity (Wildman–Crippen MR) is 97.2 cm³/mol. The molecule has 0 aromatic carbocycles. The molecule has 3 rings (SSSR count). The van der Waals surface area contributed by atoms with Gasteiger partial charge in [-0.2, -0.15) is 0 Å². The number of rotatable bonds is 5. The van der Waals surface area contributed by atoms with E-state index in [0.717, 1.165) is 51.2 Å². The number of hydrogen-bond acceptors (Lipinski definition) is 5. The van der Waals surface area contributed by atoms with E-state index in [-0.39, 0.29) is 11.5 Å². The van der Waals surface area contributed by atoms with E-state index in [9.17, 15) is 4.79 Å². The molecule has 2 aliphatic heterocycles. The quantitative estimate of drug-likeness (QED) is 0.802. The molecule has 0 radical (unpaired) electrons.